The average Bonchev–Trinajstić information content (AvgIpc) is 2.41. The number of aromatic carboxylic acids is 1. The molecule has 0 atom stereocenters. The third kappa shape index (κ3) is 3.00. The molecule has 2 aromatic carbocycles. The van der Waals surface area contributed by atoms with E-state index in [9.17, 15) is 4.79 Å². The van der Waals surface area contributed by atoms with Crippen LogP contribution in [0.5, 0.6) is 5.75 Å². The molecular weight excluding hydrogens is 262 g/mol. The van der Waals surface area contributed by atoms with Crippen molar-refractivity contribution >= 4 is 23.4 Å². The number of anilines is 1. The van der Waals surface area contributed by atoms with E-state index in [1.807, 2.05) is 6.07 Å². The first kappa shape index (κ1) is 13.3. The largest absolute Gasteiger partial charge is 0.497 e. The van der Waals surface area contributed by atoms with Crippen molar-refractivity contribution in [2.45, 2.75) is 9.79 Å². The van der Waals surface area contributed by atoms with Crippen molar-refractivity contribution in [2.75, 3.05) is 12.8 Å². The zero-order valence-corrected chi connectivity index (χ0v) is 11.1. The molecule has 0 aliphatic heterocycles. The van der Waals surface area contributed by atoms with Crippen LogP contribution in [0.1, 0.15) is 10.4 Å². The Kier molecular flexibility index (Phi) is 3.97. The van der Waals surface area contributed by atoms with E-state index in [1.165, 1.54) is 11.8 Å². The van der Waals surface area contributed by atoms with E-state index in [2.05, 4.69) is 0 Å². The molecule has 0 amide bonds. The Hall–Kier alpha value is -2.14. The number of carboxylic acid groups (broad SMARTS) is 1. The molecule has 0 unspecified atom stereocenters. The van der Waals surface area contributed by atoms with Gasteiger partial charge >= 0.3 is 5.97 Å². The van der Waals surface area contributed by atoms with Crippen LogP contribution in [0.2, 0.25) is 0 Å². The van der Waals surface area contributed by atoms with Gasteiger partial charge in [-0.05, 0) is 24.3 Å². The van der Waals surface area contributed by atoms with Crippen LogP contribution in [-0.4, -0.2) is 18.2 Å². The van der Waals surface area contributed by atoms with Gasteiger partial charge in [0.15, 0.2) is 0 Å². The second-order valence-corrected chi connectivity index (χ2v) is 4.89. The number of methoxy groups -OCH3 is 1. The van der Waals surface area contributed by atoms with Gasteiger partial charge in [0.1, 0.15) is 5.75 Å². The summed E-state index contributed by atoms with van der Waals surface area (Å²) in [5.41, 5.74) is 6.75. The molecule has 0 bridgehead atoms. The summed E-state index contributed by atoms with van der Waals surface area (Å²) in [5, 5.41) is 9.13. The molecule has 0 radical (unpaired) electrons. The number of carboxylic acids is 1. The summed E-state index contributed by atoms with van der Waals surface area (Å²) in [6, 6.07) is 12.2. The van der Waals surface area contributed by atoms with E-state index in [1.54, 1.807) is 43.5 Å². The molecule has 2 rings (SSSR count). The van der Waals surface area contributed by atoms with Crippen LogP contribution in [0.4, 0.5) is 5.69 Å². The maximum Gasteiger partial charge on any atom is 0.336 e. The van der Waals surface area contributed by atoms with E-state index >= 15 is 0 Å². The summed E-state index contributed by atoms with van der Waals surface area (Å²) in [6.45, 7) is 0. The molecular formula is C14H13NO3S. The third-order valence-electron chi connectivity index (χ3n) is 2.55. The van der Waals surface area contributed by atoms with Crippen LogP contribution in [0, 0.1) is 0 Å². The normalized spacial score (nSPS) is 10.2. The molecule has 0 saturated heterocycles. The Morgan fingerprint density at radius 2 is 1.95 bits per heavy atom. The van der Waals surface area contributed by atoms with Crippen molar-refractivity contribution in [3.63, 3.8) is 0 Å². The van der Waals surface area contributed by atoms with Gasteiger partial charge in [-0.25, -0.2) is 4.79 Å². The fraction of sp³-hybridized carbons (Fsp3) is 0.0714. The van der Waals surface area contributed by atoms with Crippen molar-refractivity contribution in [1.82, 2.24) is 0 Å². The summed E-state index contributed by atoms with van der Waals surface area (Å²) in [4.78, 5) is 12.6. The lowest BCUT2D eigenvalue weighted by molar-refractivity contribution is 0.0693. The summed E-state index contributed by atoms with van der Waals surface area (Å²) < 4.78 is 5.08. The zero-order chi connectivity index (χ0) is 13.8. The van der Waals surface area contributed by atoms with Crippen LogP contribution in [0.15, 0.2) is 52.3 Å². The highest BCUT2D eigenvalue weighted by Gasteiger charge is 2.11. The monoisotopic (exact) mass is 275 g/mol. The second kappa shape index (κ2) is 5.67. The smallest absolute Gasteiger partial charge is 0.336 e. The second-order valence-electron chi connectivity index (χ2n) is 3.81. The third-order valence-corrected chi connectivity index (χ3v) is 3.72. The molecule has 0 aliphatic carbocycles. The van der Waals surface area contributed by atoms with Crippen molar-refractivity contribution in [2.24, 2.45) is 0 Å². The lowest BCUT2D eigenvalue weighted by Gasteiger charge is -2.09. The minimum atomic E-state index is -0.949. The van der Waals surface area contributed by atoms with Crippen molar-refractivity contribution in [3.8, 4) is 5.75 Å². The number of nitrogens with two attached hydrogens (primary N) is 1. The summed E-state index contributed by atoms with van der Waals surface area (Å²) in [7, 11) is 1.57. The Labute approximate surface area is 115 Å². The number of carbonyl (C=O) groups is 1. The SMILES string of the molecule is COc1ccc(Sc2ccccc2C(=O)O)c(N)c1. The van der Waals surface area contributed by atoms with Crippen LogP contribution < -0.4 is 10.5 Å². The maximum absolute atomic E-state index is 11.1. The molecule has 0 heterocycles. The number of hydrogen-bond donors (Lipinski definition) is 2. The molecule has 0 aromatic heterocycles. The van der Waals surface area contributed by atoms with Crippen molar-refractivity contribution in [1.29, 1.82) is 0 Å². The minimum Gasteiger partial charge on any atom is -0.497 e. The van der Waals surface area contributed by atoms with Gasteiger partial charge in [-0.2, -0.15) is 0 Å². The van der Waals surface area contributed by atoms with Gasteiger partial charge in [-0.1, -0.05) is 23.9 Å². The number of ether oxygens (including phenoxy) is 1. The van der Waals surface area contributed by atoms with Crippen LogP contribution in [0.3, 0.4) is 0 Å². The van der Waals surface area contributed by atoms with E-state index in [0.29, 0.717) is 16.3 Å². The Balaban J connectivity index is 2.34. The molecule has 0 fully saturated rings. The van der Waals surface area contributed by atoms with Gasteiger partial charge in [-0.3, -0.25) is 0 Å². The number of nitrogen functional groups attached to an aromatic ring is 1. The molecule has 2 aromatic rings. The Bertz CT molecular complexity index is 613. The molecule has 5 heteroatoms. The number of benzene rings is 2. The molecule has 98 valence electrons. The molecule has 0 spiro atoms. The topological polar surface area (TPSA) is 72.5 Å². The predicted molar refractivity (Wildman–Crippen MR) is 74.9 cm³/mol. The van der Waals surface area contributed by atoms with Gasteiger partial charge < -0.3 is 15.6 Å². The number of rotatable bonds is 4. The molecule has 0 saturated carbocycles. The van der Waals surface area contributed by atoms with Gasteiger partial charge in [0, 0.05) is 21.5 Å². The van der Waals surface area contributed by atoms with E-state index in [0.717, 1.165) is 4.90 Å². The van der Waals surface area contributed by atoms with Crippen molar-refractivity contribution < 1.29 is 14.6 Å². The van der Waals surface area contributed by atoms with E-state index in [4.69, 9.17) is 15.6 Å². The highest BCUT2D eigenvalue weighted by molar-refractivity contribution is 7.99. The molecule has 19 heavy (non-hydrogen) atoms. The van der Waals surface area contributed by atoms with E-state index in [-0.39, 0.29) is 5.56 Å². The summed E-state index contributed by atoms with van der Waals surface area (Å²) in [5.74, 6) is -0.274. The summed E-state index contributed by atoms with van der Waals surface area (Å²) in [6.07, 6.45) is 0. The highest BCUT2D eigenvalue weighted by Crippen LogP contribution is 2.35. The zero-order valence-electron chi connectivity index (χ0n) is 10.3. The number of hydrogen-bond acceptors (Lipinski definition) is 4. The minimum absolute atomic E-state index is 0.266. The van der Waals surface area contributed by atoms with Gasteiger partial charge in [0.2, 0.25) is 0 Å². The fourth-order valence-corrected chi connectivity index (χ4v) is 2.56. The van der Waals surface area contributed by atoms with Crippen LogP contribution in [-0.2, 0) is 0 Å². The van der Waals surface area contributed by atoms with Gasteiger partial charge in [-0.15, -0.1) is 0 Å². The Morgan fingerprint density at radius 1 is 1.21 bits per heavy atom. The van der Waals surface area contributed by atoms with E-state index < -0.39 is 5.97 Å². The molecule has 0 aliphatic rings. The Morgan fingerprint density at radius 3 is 2.58 bits per heavy atom. The molecule has 4 nitrogen and oxygen atoms in total. The standard InChI is InChI=1S/C14H13NO3S/c1-18-9-6-7-13(11(15)8-9)19-12-5-3-2-4-10(12)14(16)17/h2-8H,15H2,1H3,(H,16,17). The first-order valence-corrected chi connectivity index (χ1v) is 6.37. The lowest BCUT2D eigenvalue weighted by Crippen LogP contribution is -1.98. The first-order chi connectivity index (χ1) is 9.11. The highest BCUT2D eigenvalue weighted by atomic mass is 32.2. The average molecular weight is 275 g/mol. The first-order valence-electron chi connectivity index (χ1n) is 5.55. The predicted octanol–water partition coefficient (Wildman–Crippen LogP) is 3.13. The lowest BCUT2D eigenvalue weighted by atomic mass is 10.2. The fourth-order valence-electron chi connectivity index (χ4n) is 1.60. The van der Waals surface area contributed by atoms with Gasteiger partial charge in [0.05, 0.1) is 12.7 Å². The maximum atomic E-state index is 11.1. The van der Waals surface area contributed by atoms with Gasteiger partial charge in [0.25, 0.3) is 0 Å². The quantitative estimate of drug-likeness (QED) is 0.839. The van der Waals surface area contributed by atoms with Crippen LogP contribution >= 0.6 is 11.8 Å². The van der Waals surface area contributed by atoms with Crippen LogP contribution in [0.25, 0.3) is 0 Å². The summed E-state index contributed by atoms with van der Waals surface area (Å²) >= 11 is 1.33. The molecule has 3 N–H and O–H groups in total. The van der Waals surface area contributed by atoms with Crippen molar-refractivity contribution in [3.05, 3.63) is 48.0 Å².